The summed E-state index contributed by atoms with van der Waals surface area (Å²) in [5, 5.41) is 8.94. The molecule has 1 atom stereocenters. The molecule has 0 radical (unpaired) electrons. The third-order valence-corrected chi connectivity index (χ3v) is 4.24. The Balaban J connectivity index is 1.47. The summed E-state index contributed by atoms with van der Waals surface area (Å²) in [6.45, 7) is 1.60. The first-order valence-electron chi connectivity index (χ1n) is 8.82. The van der Waals surface area contributed by atoms with Gasteiger partial charge in [-0.25, -0.2) is 0 Å². The predicted molar refractivity (Wildman–Crippen MR) is 102 cm³/mol. The lowest BCUT2D eigenvalue weighted by atomic mass is 10.2. The van der Waals surface area contributed by atoms with Crippen LogP contribution in [0.5, 0.6) is 11.5 Å². The van der Waals surface area contributed by atoms with Crippen molar-refractivity contribution >= 4 is 17.5 Å². The second kappa shape index (κ2) is 9.05. The summed E-state index contributed by atoms with van der Waals surface area (Å²) in [4.78, 5) is 24.2. The summed E-state index contributed by atoms with van der Waals surface area (Å²) in [5.74, 6) is 0.802. The summed E-state index contributed by atoms with van der Waals surface area (Å²) >= 11 is 0. The number of hydrogen-bond acceptors (Lipinski definition) is 5. The number of anilines is 1. The number of amides is 2. The van der Waals surface area contributed by atoms with Gasteiger partial charge >= 0.3 is 0 Å². The normalized spacial score (nSPS) is 15.8. The standard InChI is InChI=1S/C20H23N3O4/c1-26-18-4-2-3-15(11-18)22-19(24)13-27-17-7-5-14(6-8-17)20(25)23-16-9-10-21-12-16/h2-8,11,16,21H,9-10,12-13H2,1H3,(H,22,24)(H,23,25). The van der Waals surface area contributed by atoms with Crippen molar-refractivity contribution in [2.75, 3.05) is 32.1 Å². The monoisotopic (exact) mass is 369 g/mol. The Kier molecular flexibility index (Phi) is 6.27. The van der Waals surface area contributed by atoms with Crippen molar-refractivity contribution in [3.05, 3.63) is 54.1 Å². The highest BCUT2D eigenvalue weighted by Gasteiger charge is 2.17. The molecule has 3 rings (SSSR count). The Labute approximate surface area is 158 Å². The van der Waals surface area contributed by atoms with Gasteiger partial charge in [0.25, 0.3) is 11.8 Å². The van der Waals surface area contributed by atoms with Crippen LogP contribution in [0, 0.1) is 0 Å². The molecule has 1 fully saturated rings. The molecule has 0 bridgehead atoms. The van der Waals surface area contributed by atoms with E-state index in [4.69, 9.17) is 9.47 Å². The first kappa shape index (κ1) is 18.7. The Hall–Kier alpha value is -3.06. The van der Waals surface area contributed by atoms with Crippen LogP contribution in [0.3, 0.4) is 0 Å². The molecule has 0 saturated carbocycles. The van der Waals surface area contributed by atoms with E-state index in [1.165, 1.54) is 0 Å². The molecule has 1 aliphatic heterocycles. The van der Waals surface area contributed by atoms with Gasteiger partial charge < -0.3 is 25.4 Å². The van der Waals surface area contributed by atoms with E-state index in [0.29, 0.717) is 22.7 Å². The van der Waals surface area contributed by atoms with Crippen molar-refractivity contribution in [2.45, 2.75) is 12.5 Å². The molecule has 2 amide bonds. The maximum Gasteiger partial charge on any atom is 0.262 e. The number of methoxy groups -OCH3 is 1. The van der Waals surface area contributed by atoms with Gasteiger partial charge in [0.15, 0.2) is 6.61 Å². The Morgan fingerprint density at radius 1 is 1.15 bits per heavy atom. The van der Waals surface area contributed by atoms with Gasteiger partial charge in [0.2, 0.25) is 0 Å². The summed E-state index contributed by atoms with van der Waals surface area (Å²) in [5.41, 5.74) is 1.20. The minimum absolute atomic E-state index is 0.106. The van der Waals surface area contributed by atoms with E-state index in [-0.39, 0.29) is 24.5 Å². The fourth-order valence-electron chi connectivity index (χ4n) is 2.80. The molecule has 0 aliphatic carbocycles. The van der Waals surface area contributed by atoms with Crippen LogP contribution in [-0.2, 0) is 4.79 Å². The van der Waals surface area contributed by atoms with E-state index in [1.807, 2.05) is 0 Å². The van der Waals surface area contributed by atoms with Crippen LogP contribution in [-0.4, -0.2) is 44.7 Å². The lowest BCUT2D eigenvalue weighted by molar-refractivity contribution is -0.118. The number of nitrogens with one attached hydrogen (secondary N) is 3. The molecule has 1 unspecified atom stereocenters. The van der Waals surface area contributed by atoms with Crippen molar-refractivity contribution in [1.29, 1.82) is 0 Å². The predicted octanol–water partition coefficient (Wildman–Crippen LogP) is 1.80. The number of hydrogen-bond donors (Lipinski definition) is 3. The number of rotatable bonds is 7. The van der Waals surface area contributed by atoms with E-state index in [1.54, 1.807) is 55.6 Å². The second-order valence-electron chi connectivity index (χ2n) is 6.26. The van der Waals surface area contributed by atoms with Crippen LogP contribution in [0.2, 0.25) is 0 Å². The average molecular weight is 369 g/mol. The highest BCUT2D eigenvalue weighted by molar-refractivity contribution is 5.94. The van der Waals surface area contributed by atoms with Gasteiger partial charge in [0.1, 0.15) is 11.5 Å². The summed E-state index contributed by atoms with van der Waals surface area (Å²) in [6.07, 6.45) is 0.940. The lowest BCUT2D eigenvalue weighted by Gasteiger charge is -2.12. The van der Waals surface area contributed by atoms with Crippen molar-refractivity contribution in [1.82, 2.24) is 10.6 Å². The number of carbonyl (C=O) groups is 2. The van der Waals surface area contributed by atoms with Crippen molar-refractivity contribution < 1.29 is 19.1 Å². The quantitative estimate of drug-likeness (QED) is 0.693. The maximum absolute atomic E-state index is 12.2. The molecule has 27 heavy (non-hydrogen) atoms. The third-order valence-electron chi connectivity index (χ3n) is 4.24. The van der Waals surface area contributed by atoms with E-state index in [2.05, 4.69) is 16.0 Å². The first-order chi connectivity index (χ1) is 13.1. The molecule has 7 heteroatoms. The molecule has 1 saturated heterocycles. The van der Waals surface area contributed by atoms with Gasteiger partial charge in [-0.3, -0.25) is 9.59 Å². The Morgan fingerprint density at radius 2 is 1.96 bits per heavy atom. The van der Waals surface area contributed by atoms with Crippen LogP contribution >= 0.6 is 0 Å². The zero-order valence-corrected chi connectivity index (χ0v) is 15.2. The molecule has 0 aromatic heterocycles. The molecule has 2 aromatic carbocycles. The number of benzene rings is 2. The molecular weight excluding hydrogens is 346 g/mol. The van der Waals surface area contributed by atoms with E-state index in [9.17, 15) is 9.59 Å². The van der Waals surface area contributed by atoms with Gasteiger partial charge in [0.05, 0.1) is 7.11 Å². The smallest absolute Gasteiger partial charge is 0.262 e. The van der Waals surface area contributed by atoms with E-state index >= 15 is 0 Å². The maximum atomic E-state index is 12.2. The van der Waals surface area contributed by atoms with Crippen molar-refractivity contribution in [3.63, 3.8) is 0 Å². The molecule has 1 heterocycles. The SMILES string of the molecule is COc1cccc(NC(=O)COc2ccc(C(=O)NC3CCNC3)cc2)c1. The summed E-state index contributed by atoms with van der Waals surface area (Å²) < 4.78 is 10.6. The van der Waals surface area contributed by atoms with E-state index in [0.717, 1.165) is 19.5 Å². The van der Waals surface area contributed by atoms with Crippen LogP contribution < -0.4 is 25.4 Å². The highest BCUT2D eigenvalue weighted by atomic mass is 16.5. The first-order valence-corrected chi connectivity index (χ1v) is 8.82. The highest BCUT2D eigenvalue weighted by Crippen LogP contribution is 2.17. The van der Waals surface area contributed by atoms with Gasteiger partial charge in [-0.2, -0.15) is 0 Å². The fourth-order valence-corrected chi connectivity index (χ4v) is 2.80. The topological polar surface area (TPSA) is 88.7 Å². The Bertz CT molecular complexity index is 786. The van der Waals surface area contributed by atoms with Crippen LogP contribution in [0.15, 0.2) is 48.5 Å². The molecule has 1 aliphatic rings. The van der Waals surface area contributed by atoms with Crippen molar-refractivity contribution in [2.24, 2.45) is 0 Å². The molecular formula is C20H23N3O4. The zero-order valence-electron chi connectivity index (χ0n) is 15.2. The molecule has 0 spiro atoms. The van der Waals surface area contributed by atoms with Crippen molar-refractivity contribution in [3.8, 4) is 11.5 Å². The Morgan fingerprint density at radius 3 is 2.67 bits per heavy atom. The zero-order chi connectivity index (χ0) is 19.1. The van der Waals surface area contributed by atoms with E-state index < -0.39 is 0 Å². The average Bonchev–Trinajstić information content (AvgIpc) is 3.20. The molecule has 7 nitrogen and oxygen atoms in total. The van der Waals surface area contributed by atoms with Gasteiger partial charge in [-0.05, 0) is 49.4 Å². The van der Waals surface area contributed by atoms with Gasteiger partial charge in [0, 0.05) is 29.9 Å². The van der Waals surface area contributed by atoms with Crippen LogP contribution in [0.4, 0.5) is 5.69 Å². The molecule has 3 N–H and O–H groups in total. The van der Waals surface area contributed by atoms with Crippen LogP contribution in [0.25, 0.3) is 0 Å². The van der Waals surface area contributed by atoms with Gasteiger partial charge in [-0.1, -0.05) is 6.07 Å². The molecule has 2 aromatic rings. The summed E-state index contributed by atoms with van der Waals surface area (Å²) in [7, 11) is 1.57. The second-order valence-corrected chi connectivity index (χ2v) is 6.26. The largest absolute Gasteiger partial charge is 0.497 e. The third kappa shape index (κ3) is 5.46. The number of ether oxygens (including phenoxy) is 2. The van der Waals surface area contributed by atoms with Gasteiger partial charge in [-0.15, -0.1) is 0 Å². The minimum atomic E-state index is -0.279. The number of carbonyl (C=O) groups excluding carboxylic acids is 2. The molecule has 142 valence electrons. The fraction of sp³-hybridized carbons (Fsp3) is 0.300. The summed E-state index contributed by atoms with van der Waals surface area (Å²) in [6, 6.07) is 14.0. The lowest BCUT2D eigenvalue weighted by Crippen LogP contribution is -2.36. The minimum Gasteiger partial charge on any atom is -0.497 e. The van der Waals surface area contributed by atoms with Crippen LogP contribution in [0.1, 0.15) is 16.8 Å².